The van der Waals surface area contributed by atoms with Gasteiger partial charge in [-0.25, -0.2) is 14.4 Å². The van der Waals surface area contributed by atoms with Gasteiger partial charge in [0.15, 0.2) is 22.8 Å². The zero-order chi connectivity index (χ0) is 20.4. The number of hydrogen-bond acceptors (Lipinski definition) is 8. The second-order valence-corrected chi connectivity index (χ2v) is 7.84. The number of imidazole rings is 1. The zero-order valence-corrected chi connectivity index (χ0v) is 16.0. The van der Waals surface area contributed by atoms with Gasteiger partial charge >= 0.3 is 0 Å². The van der Waals surface area contributed by atoms with Crippen LogP contribution in [0.4, 0.5) is 10.1 Å². The molecule has 5 heterocycles. The van der Waals surface area contributed by atoms with E-state index in [0.717, 1.165) is 13.1 Å². The maximum absolute atomic E-state index is 14.0. The Balaban J connectivity index is 1.18. The summed E-state index contributed by atoms with van der Waals surface area (Å²) in [6, 6.07) is 1.70. The Labute approximate surface area is 169 Å². The highest BCUT2D eigenvalue weighted by Gasteiger charge is 2.58. The summed E-state index contributed by atoms with van der Waals surface area (Å²) in [6.07, 6.45) is 5.84. The Morgan fingerprint density at radius 3 is 2.83 bits per heavy atom. The van der Waals surface area contributed by atoms with E-state index in [1.165, 1.54) is 17.1 Å². The molecule has 30 heavy (non-hydrogen) atoms. The second kappa shape index (κ2) is 6.18. The third-order valence-corrected chi connectivity index (χ3v) is 6.07. The number of halogens is 1. The summed E-state index contributed by atoms with van der Waals surface area (Å²) >= 11 is 0. The van der Waals surface area contributed by atoms with E-state index in [-0.39, 0.29) is 23.8 Å². The third-order valence-electron chi connectivity index (χ3n) is 6.07. The highest BCUT2D eigenvalue weighted by atomic mass is 19.1. The lowest BCUT2D eigenvalue weighted by molar-refractivity contribution is 0.363. The van der Waals surface area contributed by atoms with Crippen LogP contribution in [-0.4, -0.2) is 47.3 Å². The minimum Gasteiger partial charge on any atom is -0.368 e. The standard InChI is InChI=1S/C19H17FN8O2/c1-26-8-22-18-16(26)19(29)28(9-23-18)7-14-24-17(25-30-14)15-10-5-27(6-11(10)15)13-2-3-21-4-12(13)20/h2-4,8-11,15H,5-7H2,1H3/t10-,11+,15+. The zero-order valence-electron chi connectivity index (χ0n) is 16.0. The monoisotopic (exact) mass is 408 g/mol. The molecule has 1 aliphatic carbocycles. The quantitative estimate of drug-likeness (QED) is 0.491. The Bertz CT molecular complexity index is 1320. The Hall–Kier alpha value is -3.63. The predicted octanol–water partition coefficient (Wildman–Crippen LogP) is 0.945. The lowest BCUT2D eigenvalue weighted by Gasteiger charge is -2.21. The number of rotatable bonds is 4. The second-order valence-electron chi connectivity index (χ2n) is 7.84. The number of hydrogen-bond donors (Lipinski definition) is 0. The van der Waals surface area contributed by atoms with Gasteiger partial charge in [0.05, 0.1) is 18.2 Å². The first-order valence-corrected chi connectivity index (χ1v) is 9.63. The minimum absolute atomic E-state index is 0.149. The molecule has 6 rings (SSSR count). The Morgan fingerprint density at radius 1 is 1.23 bits per heavy atom. The van der Waals surface area contributed by atoms with Crippen molar-refractivity contribution < 1.29 is 8.91 Å². The Kier molecular flexibility index (Phi) is 3.55. The fourth-order valence-corrected chi connectivity index (χ4v) is 4.53. The fraction of sp³-hybridized carbons (Fsp3) is 0.368. The molecule has 2 fully saturated rings. The van der Waals surface area contributed by atoms with Gasteiger partial charge in [-0.15, -0.1) is 0 Å². The first kappa shape index (κ1) is 17.2. The van der Waals surface area contributed by atoms with E-state index in [2.05, 4.69) is 25.1 Å². The number of piperidine rings is 1. The normalized spacial score (nSPS) is 22.6. The molecule has 152 valence electrons. The van der Waals surface area contributed by atoms with Gasteiger partial charge in [0, 0.05) is 32.3 Å². The summed E-state index contributed by atoms with van der Waals surface area (Å²) in [6.45, 7) is 1.65. The van der Waals surface area contributed by atoms with Gasteiger partial charge in [-0.1, -0.05) is 5.16 Å². The maximum atomic E-state index is 14.0. The van der Waals surface area contributed by atoms with Gasteiger partial charge in [-0.05, 0) is 17.9 Å². The van der Waals surface area contributed by atoms with Crippen LogP contribution >= 0.6 is 0 Å². The van der Waals surface area contributed by atoms with Crippen molar-refractivity contribution in [3.63, 3.8) is 0 Å². The number of aromatic nitrogens is 7. The summed E-state index contributed by atoms with van der Waals surface area (Å²) in [5.41, 5.74) is 1.21. The summed E-state index contributed by atoms with van der Waals surface area (Å²) in [5, 5.41) is 4.13. The molecule has 0 aromatic carbocycles. The van der Waals surface area contributed by atoms with Crippen LogP contribution in [0.25, 0.3) is 11.2 Å². The van der Waals surface area contributed by atoms with Crippen LogP contribution in [0.1, 0.15) is 17.6 Å². The fourth-order valence-electron chi connectivity index (χ4n) is 4.53. The van der Waals surface area contributed by atoms with Crippen LogP contribution in [-0.2, 0) is 13.6 Å². The lowest BCUT2D eigenvalue weighted by Crippen LogP contribution is -2.24. The molecule has 0 N–H and O–H groups in total. The van der Waals surface area contributed by atoms with Crippen molar-refractivity contribution in [3.05, 3.63) is 59.0 Å². The molecule has 2 aliphatic rings. The van der Waals surface area contributed by atoms with Gasteiger partial charge < -0.3 is 14.0 Å². The topological polar surface area (TPSA) is 108 Å². The van der Waals surface area contributed by atoms with Crippen LogP contribution in [0.2, 0.25) is 0 Å². The average molecular weight is 408 g/mol. The molecule has 1 saturated heterocycles. The molecule has 0 bridgehead atoms. The average Bonchev–Trinajstić information content (AvgIpc) is 3.16. The molecule has 0 amide bonds. The van der Waals surface area contributed by atoms with Crippen molar-refractivity contribution in [2.24, 2.45) is 18.9 Å². The van der Waals surface area contributed by atoms with Crippen molar-refractivity contribution in [2.45, 2.75) is 12.5 Å². The Morgan fingerprint density at radius 2 is 2.03 bits per heavy atom. The lowest BCUT2D eigenvalue weighted by atomic mass is 10.2. The highest BCUT2D eigenvalue weighted by molar-refractivity contribution is 5.68. The van der Waals surface area contributed by atoms with Gasteiger partial charge in [0.1, 0.15) is 12.9 Å². The molecule has 10 nitrogen and oxygen atoms in total. The van der Waals surface area contributed by atoms with E-state index < -0.39 is 0 Å². The summed E-state index contributed by atoms with van der Waals surface area (Å²) < 4.78 is 22.4. The van der Waals surface area contributed by atoms with Crippen LogP contribution in [0, 0.1) is 17.7 Å². The van der Waals surface area contributed by atoms with Gasteiger partial charge in [-0.2, -0.15) is 4.98 Å². The van der Waals surface area contributed by atoms with Crippen LogP contribution in [0.3, 0.4) is 0 Å². The molecule has 0 unspecified atom stereocenters. The van der Waals surface area contributed by atoms with Crippen molar-refractivity contribution >= 4 is 16.9 Å². The van der Waals surface area contributed by atoms with E-state index in [0.29, 0.717) is 40.4 Å². The molecule has 4 aromatic heterocycles. The van der Waals surface area contributed by atoms with Crippen LogP contribution < -0.4 is 10.5 Å². The smallest absolute Gasteiger partial charge is 0.280 e. The first-order chi connectivity index (χ1) is 14.6. The molecule has 4 aromatic rings. The first-order valence-electron chi connectivity index (χ1n) is 9.63. The number of aryl methyl sites for hydroxylation is 1. The van der Waals surface area contributed by atoms with Crippen molar-refractivity contribution in [1.82, 2.24) is 34.2 Å². The predicted molar refractivity (Wildman–Crippen MR) is 102 cm³/mol. The summed E-state index contributed by atoms with van der Waals surface area (Å²) in [7, 11) is 1.75. The number of fused-ring (bicyclic) bond motifs is 2. The number of nitrogens with zero attached hydrogens (tertiary/aromatic N) is 8. The van der Waals surface area contributed by atoms with E-state index in [9.17, 15) is 9.18 Å². The molecule has 11 heteroatoms. The van der Waals surface area contributed by atoms with Crippen LogP contribution in [0.15, 0.2) is 40.4 Å². The van der Waals surface area contributed by atoms with E-state index in [1.807, 2.05) is 4.90 Å². The highest BCUT2D eigenvalue weighted by Crippen LogP contribution is 2.58. The molecular formula is C19H17FN8O2. The van der Waals surface area contributed by atoms with Crippen molar-refractivity contribution in [1.29, 1.82) is 0 Å². The molecule has 1 saturated carbocycles. The molecule has 0 radical (unpaired) electrons. The van der Waals surface area contributed by atoms with E-state index in [1.54, 1.807) is 30.2 Å². The van der Waals surface area contributed by atoms with Gasteiger partial charge in [0.2, 0.25) is 5.89 Å². The molecule has 3 atom stereocenters. The number of anilines is 1. The molecule has 1 aliphatic heterocycles. The third kappa shape index (κ3) is 2.54. The molecular weight excluding hydrogens is 391 g/mol. The number of pyridine rings is 1. The maximum Gasteiger partial charge on any atom is 0.280 e. The van der Waals surface area contributed by atoms with E-state index in [4.69, 9.17) is 4.52 Å². The van der Waals surface area contributed by atoms with Crippen molar-refractivity contribution in [3.8, 4) is 0 Å². The van der Waals surface area contributed by atoms with E-state index >= 15 is 0 Å². The summed E-state index contributed by atoms with van der Waals surface area (Å²) in [5.74, 6) is 1.66. The SMILES string of the molecule is Cn1cnc2ncn(Cc3nc([C@H]4[C@@H]5CN(c6ccncc6F)C[C@@H]54)no3)c(=O)c21. The minimum atomic E-state index is -0.304. The van der Waals surface area contributed by atoms with Gasteiger partial charge in [-0.3, -0.25) is 14.3 Å². The van der Waals surface area contributed by atoms with Crippen molar-refractivity contribution in [2.75, 3.05) is 18.0 Å². The largest absolute Gasteiger partial charge is 0.368 e. The molecule has 0 spiro atoms. The van der Waals surface area contributed by atoms with Crippen LogP contribution in [0.5, 0.6) is 0 Å². The van der Waals surface area contributed by atoms with Gasteiger partial charge in [0.25, 0.3) is 5.56 Å². The summed E-state index contributed by atoms with van der Waals surface area (Å²) in [4.78, 5) is 31.3.